The van der Waals surface area contributed by atoms with Crippen LogP contribution in [0.1, 0.15) is 46.9 Å². The van der Waals surface area contributed by atoms with Gasteiger partial charge < -0.3 is 0 Å². The Hall–Kier alpha value is -3.88. The molecule has 4 aromatic rings. The molecule has 0 aliphatic carbocycles. The number of carbonyl (C=O) groups excluding carboxylic acids is 1. The molecule has 0 atom stereocenters. The smallest absolute Gasteiger partial charge is 0.272 e. The molecule has 0 fully saturated rings. The van der Waals surface area contributed by atoms with Gasteiger partial charge >= 0.3 is 0 Å². The number of rotatable bonds is 7. The third-order valence-corrected chi connectivity index (χ3v) is 5.42. The van der Waals surface area contributed by atoms with Crippen LogP contribution < -0.4 is 10.5 Å². The molecule has 170 valence electrons. The Morgan fingerprint density at radius 1 is 1.09 bits per heavy atom. The predicted octanol–water partition coefficient (Wildman–Crippen LogP) is 4.19. The first-order valence-corrected chi connectivity index (χ1v) is 10.7. The van der Waals surface area contributed by atoms with Gasteiger partial charge in [-0.3, -0.25) is 19.6 Å². The van der Waals surface area contributed by atoms with Crippen molar-refractivity contribution in [3.8, 4) is 0 Å². The number of unbranched alkanes of at least 4 members (excludes halogenated alkanes) is 1. The molecule has 0 unspecified atom stereocenters. The van der Waals surface area contributed by atoms with Crippen LogP contribution in [0.2, 0.25) is 0 Å². The number of H-pyrrole nitrogens is 1. The fraction of sp³-hybridized carbons (Fsp3) is 0.250. The summed E-state index contributed by atoms with van der Waals surface area (Å²) < 4.78 is 29.0. The molecule has 0 radical (unpaired) electrons. The molecular formula is C24H23F2N5O2. The van der Waals surface area contributed by atoms with Crippen LogP contribution in [0.25, 0.3) is 5.78 Å². The zero-order valence-electron chi connectivity index (χ0n) is 18.3. The first-order valence-electron chi connectivity index (χ1n) is 10.7. The predicted molar refractivity (Wildman–Crippen MR) is 120 cm³/mol. The number of aromatic nitrogens is 4. The number of fused-ring (bicyclic) bond motifs is 1. The van der Waals surface area contributed by atoms with Gasteiger partial charge in [-0.15, -0.1) is 0 Å². The highest BCUT2D eigenvalue weighted by molar-refractivity contribution is 6.05. The highest BCUT2D eigenvalue weighted by Crippen LogP contribution is 2.19. The van der Waals surface area contributed by atoms with Crippen molar-refractivity contribution in [2.45, 2.75) is 39.7 Å². The first-order chi connectivity index (χ1) is 15.9. The minimum Gasteiger partial charge on any atom is -0.272 e. The van der Waals surface area contributed by atoms with Gasteiger partial charge in [-0.1, -0.05) is 37.6 Å². The number of halogens is 2. The Bertz CT molecular complexity index is 1360. The van der Waals surface area contributed by atoms with E-state index in [0.29, 0.717) is 23.2 Å². The number of hydrogen-bond donors (Lipinski definition) is 1. The number of nitrogens with zero attached hydrogens (tertiary/aromatic N) is 4. The summed E-state index contributed by atoms with van der Waals surface area (Å²) in [4.78, 5) is 36.3. The van der Waals surface area contributed by atoms with E-state index in [4.69, 9.17) is 0 Å². The largest absolute Gasteiger partial charge is 0.277 e. The van der Waals surface area contributed by atoms with E-state index < -0.39 is 17.5 Å². The maximum absolute atomic E-state index is 14.4. The molecule has 0 saturated carbocycles. The van der Waals surface area contributed by atoms with E-state index in [2.05, 4.69) is 15.1 Å². The Morgan fingerprint density at radius 2 is 1.82 bits per heavy atom. The molecule has 0 saturated heterocycles. The Morgan fingerprint density at radius 3 is 2.52 bits per heavy atom. The number of anilines is 1. The summed E-state index contributed by atoms with van der Waals surface area (Å²) in [6.07, 6.45) is 2.35. The Labute approximate surface area is 188 Å². The number of carbonyl (C=O) groups is 1. The van der Waals surface area contributed by atoms with Gasteiger partial charge in [0.2, 0.25) is 5.95 Å². The minimum absolute atomic E-state index is 0.0241. The fourth-order valence-electron chi connectivity index (χ4n) is 3.60. The second kappa shape index (κ2) is 9.32. The van der Waals surface area contributed by atoms with Crippen LogP contribution >= 0.6 is 0 Å². The Kier molecular flexibility index (Phi) is 6.30. The first kappa shape index (κ1) is 22.3. The zero-order valence-corrected chi connectivity index (χ0v) is 18.3. The highest BCUT2D eigenvalue weighted by atomic mass is 19.1. The molecule has 1 amide bonds. The average molecular weight is 451 g/mol. The van der Waals surface area contributed by atoms with Crippen molar-refractivity contribution in [1.29, 1.82) is 0 Å². The lowest BCUT2D eigenvalue weighted by Gasteiger charge is -2.20. The lowest BCUT2D eigenvalue weighted by Crippen LogP contribution is -2.32. The number of aryl methyl sites for hydroxylation is 1. The van der Waals surface area contributed by atoms with Gasteiger partial charge in [-0.25, -0.2) is 13.8 Å². The van der Waals surface area contributed by atoms with Crippen molar-refractivity contribution in [3.63, 3.8) is 0 Å². The molecule has 7 nitrogen and oxygen atoms in total. The molecule has 1 N–H and O–H groups in total. The third kappa shape index (κ3) is 4.52. The summed E-state index contributed by atoms with van der Waals surface area (Å²) in [6, 6.07) is 11.2. The molecule has 2 aromatic heterocycles. The van der Waals surface area contributed by atoms with E-state index in [1.54, 1.807) is 13.0 Å². The molecule has 4 rings (SSSR count). The number of nitrogens with one attached hydrogen (secondary N) is 1. The second-order valence-corrected chi connectivity index (χ2v) is 7.76. The van der Waals surface area contributed by atoms with Gasteiger partial charge in [0, 0.05) is 5.56 Å². The lowest BCUT2D eigenvalue weighted by molar-refractivity contribution is 0.0979. The van der Waals surface area contributed by atoms with E-state index >= 15 is 0 Å². The molecule has 0 bridgehead atoms. The molecule has 0 aliphatic rings. The summed E-state index contributed by atoms with van der Waals surface area (Å²) in [7, 11) is 0. The van der Waals surface area contributed by atoms with Crippen molar-refractivity contribution in [2.75, 3.05) is 4.90 Å². The quantitative estimate of drug-likeness (QED) is 0.457. The SMILES string of the molecule is CCCCc1c(C)nc2nc(N(Cc3ccc(F)cc3)C(=O)c3ccccc3F)[nH]n2c1=O. The van der Waals surface area contributed by atoms with Crippen molar-refractivity contribution >= 4 is 17.6 Å². The number of aromatic amines is 1. The molecule has 0 aliphatic heterocycles. The number of amides is 1. The van der Waals surface area contributed by atoms with Crippen LogP contribution in [0.4, 0.5) is 14.7 Å². The summed E-state index contributed by atoms with van der Waals surface area (Å²) >= 11 is 0. The van der Waals surface area contributed by atoms with Crippen LogP contribution in [-0.2, 0) is 13.0 Å². The van der Waals surface area contributed by atoms with E-state index in [0.717, 1.165) is 12.8 Å². The molecule has 0 spiro atoms. The van der Waals surface area contributed by atoms with Crippen molar-refractivity contribution in [3.05, 3.63) is 92.9 Å². The average Bonchev–Trinajstić information content (AvgIpc) is 3.22. The fourth-order valence-corrected chi connectivity index (χ4v) is 3.60. The Balaban J connectivity index is 1.81. The molecular weight excluding hydrogens is 428 g/mol. The van der Waals surface area contributed by atoms with Crippen molar-refractivity contribution < 1.29 is 13.6 Å². The van der Waals surface area contributed by atoms with Crippen molar-refractivity contribution in [1.82, 2.24) is 19.6 Å². The zero-order chi connectivity index (χ0) is 23.5. The van der Waals surface area contributed by atoms with E-state index in [-0.39, 0.29) is 29.4 Å². The minimum atomic E-state index is -0.685. The van der Waals surface area contributed by atoms with Gasteiger partial charge in [0.25, 0.3) is 17.2 Å². The molecule has 9 heteroatoms. The normalized spacial score (nSPS) is 11.2. The van der Waals surface area contributed by atoms with Crippen LogP contribution in [0.3, 0.4) is 0 Å². The molecule has 33 heavy (non-hydrogen) atoms. The highest BCUT2D eigenvalue weighted by Gasteiger charge is 2.25. The van der Waals surface area contributed by atoms with E-state index in [1.807, 2.05) is 6.92 Å². The van der Waals surface area contributed by atoms with Gasteiger partial charge in [-0.2, -0.15) is 9.50 Å². The number of benzene rings is 2. The lowest BCUT2D eigenvalue weighted by atomic mass is 10.1. The summed E-state index contributed by atoms with van der Waals surface area (Å²) in [5.74, 6) is -1.62. The van der Waals surface area contributed by atoms with Gasteiger partial charge in [0.15, 0.2) is 0 Å². The van der Waals surface area contributed by atoms with Crippen molar-refractivity contribution in [2.24, 2.45) is 0 Å². The van der Waals surface area contributed by atoms with Gasteiger partial charge in [0.05, 0.1) is 17.8 Å². The summed E-state index contributed by atoms with van der Waals surface area (Å²) in [5, 5.41) is 2.85. The van der Waals surface area contributed by atoms with Crippen LogP contribution in [0, 0.1) is 18.6 Å². The summed E-state index contributed by atoms with van der Waals surface area (Å²) in [5.41, 5.74) is 1.32. The second-order valence-electron chi connectivity index (χ2n) is 7.76. The monoisotopic (exact) mass is 451 g/mol. The van der Waals surface area contributed by atoms with Crippen LogP contribution in [-0.4, -0.2) is 25.5 Å². The molecule has 2 aromatic carbocycles. The van der Waals surface area contributed by atoms with Gasteiger partial charge in [0.1, 0.15) is 11.6 Å². The molecule has 2 heterocycles. The van der Waals surface area contributed by atoms with Gasteiger partial charge in [-0.05, 0) is 49.6 Å². The van der Waals surface area contributed by atoms with E-state index in [9.17, 15) is 18.4 Å². The van der Waals surface area contributed by atoms with Crippen LogP contribution in [0.5, 0.6) is 0 Å². The van der Waals surface area contributed by atoms with Crippen LogP contribution in [0.15, 0.2) is 53.3 Å². The van der Waals surface area contributed by atoms with E-state index in [1.165, 1.54) is 51.9 Å². The maximum atomic E-state index is 14.4. The standard InChI is InChI=1S/C24H23F2N5O2/c1-3-4-7-18-15(2)27-23-28-24(29-31(23)22(18)33)30(14-16-10-12-17(25)13-11-16)21(32)19-8-5-6-9-20(19)26/h5-6,8-13H,3-4,7,14H2,1-2H3,(H,27,28,29). The topological polar surface area (TPSA) is 83.4 Å². The number of hydrogen-bond acceptors (Lipinski definition) is 4. The maximum Gasteiger partial charge on any atom is 0.277 e. The third-order valence-electron chi connectivity index (χ3n) is 5.42. The summed E-state index contributed by atoms with van der Waals surface area (Å²) in [6.45, 7) is 3.76.